The highest BCUT2D eigenvalue weighted by molar-refractivity contribution is 9.10. The minimum atomic E-state index is -0.569. The Balaban J connectivity index is 1.79. The third kappa shape index (κ3) is 3.07. The van der Waals surface area contributed by atoms with Crippen molar-refractivity contribution < 1.29 is 9.18 Å². The lowest BCUT2D eigenvalue weighted by molar-refractivity contribution is -0.116. The van der Waals surface area contributed by atoms with Crippen molar-refractivity contribution in [1.29, 1.82) is 0 Å². The summed E-state index contributed by atoms with van der Waals surface area (Å²) in [6, 6.07) is 11.5. The monoisotopic (exact) mass is 443 g/mol. The van der Waals surface area contributed by atoms with E-state index in [9.17, 15) is 14.0 Å². The molecule has 7 nitrogen and oxygen atoms in total. The number of anilines is 1. The topological polar surface area (TPSA) is 81.3 Å². The molecule has 0 bridgehead atoms. The number of hydrogen-bond acceptors (Lipinski definition) is 4. The van der Waals surface area contributed by atoms with Gasteiger partial charge in [-0.3, -0.25) is 18.6 Å². The fourth-order valence-corrected chi connectivity index (χ4v) is 3.46. The molecule has 0 aliphatic rings. The van der Waals surface area contributed by atoms with Gasteiger partial charge in [-0.25, -0.2) is 4.39 Å². The van der Waals surface area contributed by atoms with E-state index in [1.807, 2.05) is 19.1 Å². The molecule has 2 aromatic carbocycles. The summed E-state index contributed by atoms with van der Waals surface area (Å²) < 4.78 is 17.6. The second-order valence-electron chi connectivity index (χ2n) is 6.18. The Kier molecular flexibility index (Phi) is 4.68. The molecular weight excluding hydrogens is 429 g/mol. The largest absolute Gasteiger partial charge is 0.322 e. The minimum Gasteiger partial charge on any atom is -0.322 e. The van der Waals surface area contributed by atoms with E-state index in [1.165, 1.54) is 16.7 Å². The van der Waals surface area contributed by atoms with Gasteiger partial charge in [-0.05, 0) is 30.3 Å². The van der Waals surface area contributed by atoms with Crippen LogP contribution in [0.2, 0.25) is 0 Å². The van der Waals surface area contributed by atoms with Gasteiger partial charge >= 0.3 is 0 Å². The number of nitrogens with zero attached hydrogens (tertiary/aromatic N) is 4. The molecule has 0 saturated heterocycles. The predicted octanol–water partition coefficient (Wildman–Crippen LogP) is 3.15. The number of benzene rings is 2. The number of nitrogens with one attached hydrogen (secondary N) is 1. The molecule has 142 valence electrons. The Labute approximate surface area is 166 Å². The smallest absolute Gasteiger partial charge is 0.297 e. The van der Waals surface area contributed by atoms with Crippen LogP contribution in [-0.2, 0) is 17.8 Å². The molecule has 0 aliphatic heterocycles. The van der Waals surface area contributed by atoms with E-state index in [4.69, 9.17) is 0 Å². The lowest BCUT2D eigenvalue weighted by Crippen LogP contribution is -2.29. The minimum absolute atomic E-state index is 0.0439. The zero-order valence-electron chi connectivity index (χ0n) is 14.8. The van der Waals surface area contributed by atoms with Gasteiger partial charge in [0.1, 0.15) is 18.2 Å². The molecule has 0 fully saturated rings. The Morgan fingerprint density at radius 1 is 1.18 bits per heavy atom. The Hall–Kier alpha value is -3.07. The maximum atomic E-state index is 14.0. The quantitative estimate of drug-likeness (QED) is 0.525. The van der Waals surface area contributed by atoms with Gasteiger partial charge in [-0.1, -0.05) is 35.0 Å². The molecule has 0 atom stereocenters. The fraction of sp³-hybridized carbons (Fsp3) is 0.158. The predicted molar refractivity (Wildman–Crippen MR) is 107 cm³/mol. The summed E-state index contributed by atoms with van der Waals surface area (Å²) in [7, 11) is 0. The Morgan fingerprint density at radius 3 is 2.64 bits per heavy atom. The van der Waals surface area contributed by atoms with Gasteiger partial charge in [0, 0.05) is 10.9 Å². The Morgan fingerprint density at radius 2 is 1.93 bits per heavy atom. The zero-order chi connectivity index (χ0) is 19.8. The van der Waals surface area contributed by atoms with Crippen LogP contribution < -0.4 is 10.9 Å². The highest BCUT2D eigenvalue weighted by atomic mass is 79.9. The first-order chi connectivity index (χ1) is 13.5. The summed E-state index contributed by atoms with van der Waals surface area (Å²) in [5.74, 6) is -0.426. The molecule has 0 saturated carbocycles. The summed E-state index contributed by atoms with van der Waals surface area (Å²) in [6.07, 6.45) is 0.609. The van der Waals surface area contributed by atoms with Crippen molar-refractivity contribution in [3.05, 3.63) is 68.9 Å². The zero-order valence-corrected chi connectivity index (χ0v) is 16.4. The lowest BCUT2D eigenvalue weighted by Gasteiger charge is -2.13. The number of aryl methyl sites for hydroxylation is 1. The number of carbonyl (C=O) groups is 1. The number of halogens is 2. The molecule has 9 heteroatoms. The van der Waals surface area contributed by atoms with E-state index >= 15 is 0 Å². The number of rotatable bonds is 4. The summed E-state index contributed by atoms with van der Waals surface area (Å²) in [5.41, 5.74) is 1.06. The molecule has 4 aromatic rings. The number of aromatic nitrogens is 4. The van der Waals surface area contributed by atoms with Crippen LogP contribution in [0.15, 0.2) is 51.7 Å². The van der Waals surface area contributed by atoms with Crippen molar-refractivity contribution in [2.75, 3.05) is 5.32 Å². The molecule has 0 aliphatic carbocycles. The first-order valence-corrected chi connectivity index (χ1v) is 9.39. The second-order valence-corrected chi connectivity index (χ2v) is 7.10. The van der Waals surface area contributed by atoms with Crippen LogP contribution in [0.5, 0.6) is 0 Å². The molecule has 0 unspecified atom stereocenters. The number of para-hydroxylation sites is 2. The number of fused-ring (bicyclic) bond motifs is 3. The summed E-state index contributed by atoms with van der Waals surface area (Å²) in [4.78, 5) is 25.5. The summed E-state index contributed by atoms with van der Waals surface area (Å²) in [6.45, 7) is 1.65. The normalized spacial score (nSPS) is 11.2. The SMILES string of the molecule is CCc1nnc2c(=O)n(CC(=O)Nc3ccc(Br)cc3F)c3ccccc3n12. The van der Waals surface area contributed by atoms with Gasteiger partial charge < -0.3 is 5.32 Å². The van der Waals surface area contributed by atoms with Gasteiger partial charge in [0.25, 0.3) is 5.56 Å². The molecule has 1 N–H and O–H groups in total. The van der Waals surface area contributed by atoms with Gasteiger partial charge in [0.15, 0.2) is 0 Å². The third-order valence-electron chi connectivity index (χ3n) is 4.40. The van der Waals surface area contributed by atoms with Crippen molar-refractivity contribution in [3.8, 4) is 0 Å². The summed E-state index contributed by atoms with van der Waals surface area (Å²) in [5, 5.41) is 10.6. The Bertz CT molecular complexity index is 1280. The van der Waals surface area contributed by atoms with Crippen molar-refractivity contribution in [2.45, 2.75) is 19.9 Å². The molecule has 28 heavy (non-hydrogen) atoms. The first kappa shape index (κ1) is 18.3. The van der Waals surface area contributed by atoms with Gasteiger partial charge in [-0.2, -0.15) is 0 Å². The van der Waals surface area contributed by atoms with Crippen molar-refractivity contribution in [1.82, 2.24) is 19.2 Å². The van der Waals surface area contributed by atoms with Crippen LogP contribution in [0.1, 0.15) is 12.7 Å². The molecular formula is C19H15BrFN5O2. The molecule has 2 aromatic heterocycles. The van der Waals surface area contributed by atoms with Gasteiger partial charge in [-0.15, -0.1) is 10.2 Å². The van der Waals surface area contributed by atoms with E-state index in [2.05, 4.69) is 31.4 Å². The third-order valence-corrected chi connectivity index (χ3v) is 4.90. The van der Waals surface area contributed by atoms with Crippen LogP contribution in [0.3, 0.4) is 0 Å². The first-order valence-electron chi connectivity index (χ1n) is 8.60. The van der Waals surface area contributed by atoms with E-state index in [1.54, 1.807) is 22.6 Å². The molecule has 0 spiro atoms. The number of carbonyl (C=O) groups excluding carboxylic acids is 1. The van der Waals surface area contributed by atoms with Crippen molar-refractivity contribution in [3.63, 3.8) is 0 Å². The van der Waals surface area contributed by atoms with Crippen LogP contribution in [-0.4, -0.2) is 25.1 Å². The summed E-state index contributed by atoms with van der Waals surface area (Å²) >= 11 is 3.17. The van der Waals surface area contributed by atoms with Gasteiger partial charge in [0.2, 0.25) is 11.6 Å². The maximum Gasteiger partial charge on any atom is 0.297 e. The van der Waals surface area contributed by atoms with E-state index in [0.29, 0.717) is 22.2 Å². The van der Waals surface area contributed by atoms with E-state index in [-0.39, 0.29) is 17.9 Å². The van der Waals surface area contributed by atoms with Crippen LogP contribution in [0.25, 0.3) is 16.7 Å². The van der Waals surface area contributed by atoms with Crippen molar-refractivity contribution >= 4 is 44.2 Å². The molecule has 4 rings (SSSR count). The lowest BCUT2D eigenvalue weighted by atomic mass is 10.2. The average molecular weight is 444 g/mol. The average Bonchev–Trinajstić information content (AvgIpc) is 3.12. The second kappa shape index (κ2) is 7.16. The molecule has 2 heterocycles. The van der Waals surface area contributed by atoms with Crippen molar-refractivity contribution in [2.24, 2.45) is 0 Å². The standard InChI is InChI=1S/C19H15BrFN5O2/c1-2-16-23-24-18-19(28)25(14-5-3-4-6-15(14)26(16)18)10-17(27)22-13-8-7-11(20)9-12(13)21/h3-9H,2,10H2,1H3,(H,22,27). The van der Waals surface area contributed by atoms with Crippen LogP contribution >= 0.6 is 15.9 Å². The highest BCUT2D eigenvalue weighted by Crippen LogP contribution is 2.20. The molecule has 0 radical (unpaired) electrons. The van der Waals surface area contributed by atoms with Gasteiger partial charge in [0.05, 0.1) is 16.7 Å². The van der Waals surface area contributed by atoms with E-state index in [0.717, 1.165) is 5.52 Å². The maximum absolute atomic E-state index is 14.0. The number of hydrogen-bond donors (Lipinski definition) is 1. The van der Waals surface area contributed by atoms with E-state index < -0.39 is 17.3 Å². The van der Waals surface area contributed by atoms with Crippen LogP contribution in [0, 0.1) is 5.82 Å². The highest BCUT2D eigenvalue weighted by Gasteiger charge is 2.17. The number of amides is 1. The van der Waals surface area contributed by atoms with Crippen LogP contribution in [0.4, 0.5) is 10.1 Å². The molecule has 1 amide bonds. The fourth-order valence-electron chi connectivity index (χ4n) is 3.13.